The van der Waals surface area contributed by atoms with E-state index in [1.807, 2.05) is 74.5 Å². The van der Waals surface area contributed by atoms with Crippen molar-refractivity contribution in [1.29, 1.82) is 0 Å². The number of carbonyl (C=O) groups excluding carboxylic acids is 4. The number of ether oxygens (including phenoxy) is 1. The molecule has 3 aromatic rings. The number of halogens is 3. The molecule has 15 nitrogen and oxygen atoms in total. The van der Waals surface area contributed by atoms with Gasteiger partial charge in [0.25, 0.3) is 0 Å². The molecule has 1 aliphatic heterocycles. The summed E-state index contributed by atoms with van der Waals surface area (Å²) in [5.74, 6) is -4.28. The fourth-order valence-electron chi connectivity index (χ4n) is 5.17. The summed E-state index contributed by atoms with van der Waals surface area (Å²) in [7, 11) is 1.66. The first kappa shape index (κ1) is 40.9. The Kier molecular flexibility index (Phi) is 14.7. The molecule has 1 fully saturated rings. The van der Waals surface area contributed by atoms with Crippen LogP contribution in [0.3, 0.4) is 0 Å². The normalized spacial score (nSPS) is 17.3. The Balaban J connectivity index is 0.000000944. The van der Waals surface area contributed by atoms with Crippen LogP contribution in [0.2, 0.25) is 0 Å². The van der Waals surface area contributed by atoms with Gasteiger partial charge >= 0.3 is 12.1 Å². The predicted molar refractivity (Wildman–Crippen MR) is 180 cm³/mol. The minimum atomic E-state index is -5.08. The van der Waals surface area contributed by atoms with E-state index in [-0.39, 0.29) is 37.8 Å². The van der Waals surface area contributed by atoms with Crippen molar-refractivity contribution in [1.82, 2.24) is 35.8 Å². The van der Waals surface area contributed by atoms with Crippen LogP contribution in [-0.2, 0) is 37.0 Å². The van der Waals surface area contributed by atoms with Gasteiger partial charge < -0.3 is 36.4 Å². The van der Waals surface area contributed by atoms with Crippen molar-refractivity contribution in [2.75, 3.05) is 13.6 Å². The van der Waals surface area contributed by atoms with Crippen molar-refractivity contribution < 1.29 is 47.0 Å². The lowest BCUT2D eigenvalue weighted by Crippen LogP contribution is -2.58. The quantitative estimate of drug-likeness (QED) is 0.162. The Morgan fingerprint density at radius 1 is 1.00 bits per heavy atom. The van der Waals surface area contributed by atoms with Gasteiger partial charge in [0.15, 0.2) is 0 Å². The molecule has 5 atom stereocenters. The van der Waals surface area contributed by atoms with Crippen molar-refractivity contribution in [2.45, 2.75) is 76.6 Å². The molecule has 0 radical (unpaired) electrons. The number of aromatic nitrogens is 3. The van der Waals surface area contributed by atoms with Gasteiger partial charge in [-0.2, -0.15) is 13.2 Å². The van der Waals surface area contributed by atoms with Crippen molar-refractivity contribution in [3.8, 4) is 5.75 Å². The second-order valence-corrected chi connectivity index (χ2v) is 12.4. The monoisotopic (exact) mass is 732 g/mol. The number of hydrogen-bond donors (Lipinski definition) is 5. The Hall–Kier alpha value is -5.52. The van der Waals surface area contributed by atoms with Gasteiger partial charge in [0, 0.05) is 19.4 Å². The number of primary amides is 1. The molecule has 1 saturated heterocycles. The zero-order valence-electron chi connectivity index (χ0n) is 29.0. The standard InChI is InChI=1S/C32H42N8O5.C2HF3O2/c1-20(2)28(36-30(42)21(3)34-4)32(44)39-18-24(40-17-23(37-38-40)19-45-25-13-9-6-10-14-25)16-27(39)31(43)35-26(29(33)41)15-22-11-7-5-8-12-22;3-2(4,5)1(6)7/h5-14,17,20-21,24,26-28,34H,15-16,18-19H2,1-4H3,(H2,33,41)(H,35,43)(H,36,42);(H,6,7)/t21-,24+,26-,27-,28-;/m0./s1. The van der Waals surface area contributed by atoms with E-state index in [0.29, 0.717) is 11.4 Å². The molecule has 4 amide bonds. The van der Waals surface area contributed by atoms with Gasteiger partial charge in [0.05, 0.1) is 18.3 Å². The minimum absolute atomic E-state index is 0.139. The SMILES string of the molecule is CN[C@@H](C)C(=O)N[C@H](C(=O)N1C[C@H](n2cc(COc3ccccc3)nn2)C[C@H]1C(=O)N[C@@H](Cc1ccccc1)C(N)=O)C(C)C.O=C(O)C(F)(F)F. The van der Waals surface area contributed by atoms with Gasteiger partial charge in [0.2, 0.25) is 23.6 Å². The van der Waals surface area contributed by atoms with E-state index in [4.69, 9.17) is 20.4 Å². The number of benzene rings is 2. The number of para-hydroxylation sites is 1. The van der Waals surface area contributed by atoms with E-state index in [1.165, 1.54) is 4.90 Å². The number of carboxylic acid groups (broad SMARTS) is 1. The number of nitrogens with one attached hydrogen (secondary N) is 3. The molecule has 4 rings (SSSR count). The number of hydrogen-bond acceptors (Lipinski definition) is 9. The molecule has 2 aromatic carbocycles. The van der Waals surface area contributed by atoms with Crippen molar-refractivity contribution in [3.05, 3.63) is 78.1 Å². The Bertz CT molecular complexity index is 1660. The Morgan fingerprint density at radius 2 is 1.60 bits per heavy atom. The third-order valence-corrected chi connectivity index (χ3v) is 8.17. The van der Waals surface area contributed by atoms with E-state index in [9.17, 15) is 32.3 Å². The highest BCUT2D eigenvalue weighted by molar-refractivity contribution is 5.95. The summed E-state index contributed by atoms with van der Waals surface area (Å²) < 4.78 is 39.2. The van der Waals surface area contributed by atoms with Crippen LogP contribution in [0.25, 0.3) is 0 Å². The lowest BCUT2D eigenvalue weighted by molar-refractivity contribution is -0.192. The predicted octanol–water partition coefficient (Wildman–Crippen LogP) is 1.59. The van der Waals surface area contributed by atoms with Crippen molar-refractivity contribution >= 4 is 29.6 Å². The Labute approximate surface area is 298 Å². The summed E-state index contributed by atoms with van der Waals surface area (Å²) in [6.45, 7) is 5.68. The number of nitrogens with zero attached hydrogens (tertiary/aromatic N) is 4. The molecule has 282 valence electrons. The maximum atomic E-state index is 14.1. The summed E-state index contributed by atoms with van der Waals surface area (Å²) in [6.07, 6.45) is -2.94. The maximum Gasteiger partial charge on any atom is 0.490 e. The maximum absolute atomic E-state index is 14.1. The fourth-order valence-corrected chi connectivity index (χ4v) is 5.17. The van der Waals surface area contributed by atoms with Crippen LogP contribution in [-0.4, -0.2) is 98.5 Å². The van der Waals surface area contributed by atoms with Gasteiger partial charge in [-0.3, -0.25) is 19.2 Å². The summed E-state index contributed by atoms with van der Waals surface area (Å²) >= 11 is 0. The highest BCUT2D eigenvalue weighted by atomic mass is 19.4. The van der Waals surface area contributed by atoms with Gasteiger partial charge in [-0.1, -0.05) is 67.6 Å². The van der Waals surface area contributed by atoms with Crippen LogP contribution >= 0.6 is 0 Å². The molecule has 0 aliphatic carbocycles. The third kappa shape index (κ3) is 11.8. The van der Waals surface area contributed by atoms with Crippen LogP contribution in [0.15, 0.2) is 66.9 Å². The third-order valence-electron chi connectivity index (χ3n) is 8.17. The van der Waals surface area contributed by atoms with Crippen molar-refractivity contribution in [3.63, 3.8) is 0 Å². The Morgan fingerprint density at radius 3 is 2.13 bits per heavy atom. The first-order valence-electron chi connectivity index (χ1n) is 16.3. The summed E-state index contributed by atoms with van der Waals surface area (Å²) in [6, 6.07) is 14.8. The molecule has 2 heterocycles. The summed E-state index contributed by atoms with van der Waals surface area (Å²) in [5.41, 5.74) is 7.09. The zero-order valence-corrected chi connectivity index (χ0v) is 29.0. The van der Waals surface area contributed by atoms with Crippen LogP contribution in [0.1, 0.15) is 44.5 Å². The van der Waals surface area contributed by atoms with Gasteiger partial charge in [-0.15, -0.1) is 5.10 Å². The van der Waals surface area contributed by atoms with E-state index in [1.54, 1.807) is 24.9 Å². The lowest BCUT2D eigenvalue weighted by Gasteiger charge is -2.31. The fraction of sp³-hybridized carbons (Fsp3) is 0.441. The van der Waals surface area contributed by atoms with Crippen LogP contribution in [0.5, 0.6) is 5.75 Å². The van der Waals surface area contributed by atoms with Crippen LogP contribution in [0, 0.1) is 5.92 Å². The topological polar surface area (TPSA) is 211 Å². The number of carboxylic acids is 1. The van der Waals surface area contributed by atoms with E-state index in [0.717, 1.165) is 5.56 Å². The first-order chi connectivity index (χ1) is 24.5. The molecule has 0 spiro atoms. The molecule has 52 heavy (non-hydrogen) atoms. The molecular formula is C34H43F3N8O7. The van der Waals surface area contributed by atoms with E-state index in [2.05, 4.69) is 26.3 Å². The van der Waals surface area contributed by atoms with Gasteiger partial charge in [-0.25, -0.2) is 9.48 Å². The molecule has 18 heteroatoms. The molecule has 0 bridgehead atoms. The number of aliphatic carboxylic acids is 1. The lowest BCUT2D eigenvalue weighted by atomic mass is 10.0. The number of rotatable bonds is 14. The highest BCUT2D eigenvalue weighted by Gasteiger charge is 2.44. The number of amides is 4. The van der Waals surface area contributed by atoms with Crippen LogP contribution in [0.4, 0.5) is 13.2 Å². The number of likely N-dealkylation sites (tertiary alicyclic amines) is 1. The first-order valence-corrected chi connectivity index (χ1v) is 16.3. The second-order valence-electron chi connectivity index (χ2n) is 12.4. The largest absolute Gasteiger partial charge is 0.490 e. The number of likely N-dealkylation sites (N-methyl/N-ethyl adjacent to an activating group) is 1. The van der Waals surface area contributed by atoms with Crippen molar-refractivity contribution in [2.24, 2.45) is 11.7 Å². The highest BCUT2D eigenvalue weighted by Crippen LogP contribution is 2.29. The average molecular weight is 733 g/mol. The van der Waals surface area contributed by atoms with Gasteiger partial charge in [0.1, 0.15) is 36.2 Å². The number of nitrogens with two attached hydrogens (primary N) is 1. The minimum Gasteiger partial charge on any atom is -0.487 e. The zero-order chi connectivity index (χ0) is 38.6. The number of carbonyl (C=O) groups is 5. The molecule has 1 aliphatic rings. The van der Waals surface area contributed by atoms with Crippen LogP contribution < -0.4 is 26.4 Å². The molecule has 0 saturated carbocycles. The number of alkyl halides is 3. The molecule has 6 N–H and O–H groups in total. The van der Waals surface area contributed by atoms with E-state index < -0.39 is 60.1 Å². The smallest absolute Gasteiger partial charge is 0.487 e. The van der Waals surface area contributed by atoms with E-state index >= 15 is 0 Å². The van der Waals surface area contributed by atoms with Gasteiger partial charge in [-0.05, 0) is 37.6 Å². The average Bonchev–Trinajstić information content (AvgIpc) is 3.77. The molecule has 1 aromatic heterocycles. The molecular weight excluding hydrogens is 689 g/mol. The summed E-state index contributed by atoms with van der Waals surface area (Å²) in [5, 5.41) is 24.1. The molecule has 0 unspecified atom stereocenters. The summed E-state index contributed by atoms with van der Waals surface area (Å²) in [4.78, 5) is 63.3. The second kappa shape index (κ2) is 18.6.